The van der Waals surface area contributed by atoms with Gasteiger partial charge in [-0.05, 0) is 42.3 Å². The summed E-state index contributed by atoms with van der Waals surface area (Å²) < 4.78 is 11.5. The van der Waals surface area contributed by atoms with Crippen LogP contribution in [0.1, 0.15) is 39.7 Å². The predicted octanol–water partition coefficient (Wildman–Crippen LogP) is 5.17. The van der Waals surface area contributed by atoms with Crippen LogP contribution in [0.3, 0.4) is 0 Å². The van der Waals surface area contributed by atoms with Gasteiger partial charge in [0.05, 0.1) is 17.0 Å². The molecule has 3 heterocycles. The van der Waals surface area contributed by atoms with Gasteiger partial charge in [-0.15, -0.1) is 10.2 Å². The molecule has 1 amide bonds. The monoisotopic (exact) mass is 479 g/mol. The first-order chi connectivity index (χ1) is 16.0. The normalized spacial score (nSPS) is 15.2. The molecule has 9 heteroatoms. The molecule has 0 fully saturated rings. The molecule has 0 aliphatic carbocycles. The Morgan fingerprint density at radius 1 is 1.21 bits per heavy atom. The Bertz CT molecular complexity index is 1440. The van der Waals surface area contributed by atoms with Crippen molar-refractivity contribution in [2.24, 2.45) is 0 Å². The molecule has 2 aromatic carbocycles. The van der Waals surface area contributed by atoms with Crippen molar-refractivity contribution < 1.29 is 13.9 Å². The highest BCUT2D eigenvalue weighted by Crippen LogP contribution is 2.42. The maximum Gasteiger partial charge on any atom is 0.297 e. The van der Waals surface area contributed by atoms with Crippen molar-refractivity contribution in [1.82, 2.24) is 10.2 Å². The van der Waals surface area contributed by atoms with E-state index >= 15 is 0 Å². The van der Waals surface area contributed by atoms with Gasteiger partial charge in [-0.2, -0.15) is 0 Å². The molecule has 2 aromatic heterocycles. The van der Waals surface area contributed by atoms with E-state index in [0.29, 0.717) is 39.9 Å². The molecule has 1 unspecified atom stereocenters. The highest BCUT2D eigenvalue weighted by molar-refractivity contribution is 7.15. The van der Waals surface area contributed by atoms with Gasteiger partial charge in [0.15, 0.2) is 5.43 Å². The zero-order valence-corrected chi connectivity index (χ0v) is 19.2. The largest absolute Gasteiger partial charge is 0.490 e. The number of ether oxygens (including phenoxy) is 1. The first-order valence-corrected chi connectivity index (χ1v) is 11.5. The minimum Gasteiger partial charge on any atom is -0.490 e. The summed E-state index contributed by atoms with van der Waals surface area (Å²) in [4.78, 5) is 28.6. The molecule has 33 heavy (non-hydrogen) atoms. The Morgan fingerprint density at radius 3 is 2.70 bits per heavy atom. The molecule has 1 aliphatic heterocycles. The van der Waals surface area contributed by atoms with Crippen molar-refractivity contribution in [1.29, 1.82) is 0 Å². The fraction of sp³-hybridized carbons (Fsp3) is 0.167. The lowest BCUT2D eigenvalue weighted by Crippen LogP contribution is -2.29. The lowest BCUT2D eigenvalue weighted by Gasteiger charge is -2.22. The first kappa shape index (κ1) is 21.4. The Balaban J connectivity index is 1.71. The van der Waals surface area contributed by atoms with Crippen LogP contribution in [0.25, 0.3) is 11.0 Å². The highest BCUT2D eigenvalue weighted by Gasteiger charge is 2.45. The summed E-state index contributed by atoms with van der Waals surface area (Å²) in [5.41, 5.74) is 0.969. The number of amides is 1. The quantitative estimate of drug-likeness (QED) is 0.354. The number of rotatable bonds is 6. The second kappa shape index (κ2) is 8.46. The third kappa shape index (κ3) is 3.61. The van der Waals surface area contributed by atoms with E-state index in [4.69, 9.17) is 20.8 Å². The summed E-state index contributed by atoms with van der Waals surface area (Å²) >= 11 is 7.44. The van der Waals surface area contributed by atoms with Gasteiger partial charge in [0.2, 0.25) is 10.9 Å². The van der Waals surface area contributed by atoms with Gasteiger partial charge in [0, 0.05) is 5.02 Å². The van der Waals surface area contributed by atoms with Crippen molar-refractivity contribution in [2.45, 2.75) is 19.4 Å². The number of carbonyl (C=O) groups is 1. The average molecular weight is 480 g/mol. The number of aryl methyl sites for hydroxylation is 1. The van der Waals surface area contributed by atoms with E-state index in [0.717, 1.165) is 10.6 Å². The summed E-state index contributed by atoms with van der Waals surface area (Å²) in [5.74, 6) is 0.214. The van der Waals surface area contributed by atoms with E-state index in [1.807, 2.05) is 19.1 Å². The van der Waals surface area contributed by atoms with Crippen molar-refractivity contribution in [3.63, 3.8) is 0 Å². The summed E-state index contributed by atoms with van der Waals surface area (Å²) in [6, 6.07) is 11.3. The van der Waals surface area contributed by atoms with Crippen LogP contribution in [-0.4, -0.2) is 22.7 Å². The predicted molar refractivity (Wildman–Crippen MR) is 128 cm³/mol. The number of benzene rings is 2. The van der Waals surface area contributed by atoms with Crippen LogP contribution in [0.15, 0.2) is 64.3 Å². The molecular formula is C24H18ClN3O4S. The van der Waals surface area contributed by atoms with Crippen molar-refractivity contribution >= 4 is 44.9 Å². The highest BCUT2D eigenvalue weighted by atomic mass is 35.5. The standard InChI is InChI=1S/C24H18ClN3O4S/c1-3-11-31-15-8-5-13(6-9-15)20-19-21(29)16-12-14(25)7-10-17(16)32-22(19)23(30)28(20)24-27-26-18(4-2)33-24/h3,5-10,12,20H,1,4,11H2,2H3. The topological polar surface area (TPSA) is 85.5 Å². The van der Waals surface area contributed by atoms with Gasteiger partial charge < -0.3 is 9.15 Å². The number of nitrogens with zero attached hydrogens (tertiary/aromatic N) is 3. The summed E-state index contributed by atoms with van der Waals surface area (Å²) in [5, 5.41) is 10.3. The van der Waals surface area contributed by atoms with Crippen LogP contribution in [0.5, 0.6) is 5.75 Å². The lowest BCUT2D eigenvalue weighted by molar-refractivity contribution is 0.0970. The van der Waals surface area contributed by atoms with Crippen molar-refractivity contribution in [3.8, 4) is 5.75 Å². The Morgan fingerprint density at radius 2 is 2.00 bits per heavy atom. The minimum absolute atomic E-state index is 0.0000508. The van der Waals surface area contributed by atoms with E-state index < -0.39 is 11.9 Å². The number of carbonyl (C=O) groups excluding carboxylic acids is 1. The molecule has 7 nitrogen and oxygen atoms in total. The van der Waals surface area contributed by atoms with Crippen LogP contribution in [0.4, 0.5) is 5.13 Å². The second-order valence-electron chi connectivity index (χ2n) is 7.39. The van der Waals surface area contributed by atoms with E-state index in [1.54, 1.807) is 36.4 Å². The molecule has 0 radical (unpaired) electrons. The van der Waals surface area contributed by atoms with Crippen LogP contribution >= 0.6 is 22.9 Å². The van der Waals surface area contributed by atoms with Crippen LogP contribution in [0, 0.1) is 0 Å². The Hall–Kier alpha value is -3.49. The zero-order valence-electron chi connectivity index (χ0n) is 17.6. The Labute approximate surface area is 197 Å². The molecule has 0 saturated carbocycles. The zero-order chi connectivity index (χ0) is 23.1. The van der Waals surface area contributed by atoms with Crippen molar-refractivity contribution in [3.05, 3.63) is 92.3 Å². The maximum atomic E-state index is 13.6. The van der Waals surface area contributed by atoms with E-state index in [-0.39, 0.29) is 16.8 Å². The van der Waals surface area contributed by atoms with Gasteiger partial charge in [0.25, 0.3) is 5.91 Å². The molecule has 0 saturated heterocycles. The Kier molecular flexibility index (Phi) is 5.47. The van der Waals surface area contributed by atoms with E-state index in [1.165, 1.54) is 16.2 Å². The summed E-state index contributed by atoms with van der Waals surface area (Å²) in [7, 11) is 0. The molecule has 4 aromatic rings. The van der Waals surface area contributed by atoms with Gasteiger partial charge in [-0.25, -0.2) is 0 Å². The molecule has 166 valence electrons. The average Bonchev–Trinajstić information content (AvgIpc) is 3.41. The van der Waals surface area contributed by atoms with Gasteiger partial charge >= 0.3 is 0 Å². The molecule has 1 atom stereocenters. The smallest absolute Gasteiger partial charge is 0.297 e. The van der Waals surface area contributed by atoms with E-state index in [9.17, 15) is 9.59 Å². The molecule has 0 N–H and O–H groups in total. The third-order valence-electron chi connectivity index (χ3n) is 5.36. The molecule has 1 aliphatic rings. The fourth-order valence-corrected chi connectivity index (χ4v) is 4.82. The lowest BCUT2D eigenvalue weighted by atomic mass is 9.98. The van der Waals surface area contributed by atoms with Crippen LogP contribution in [0.2, 0.25) is 5.02 Å². The number of halogens is 1. The number of fused-ring (bicyclic) bond motifs is 2. The number of hydrogen-bond donors (Lipinski definition) is 0. The first-order valence-electron chi connectivity index (χ1n) is 10.3. The minimum atomic E-state index is -0.724. The molecule has 0 spiro atoms. The third-order valence-corrected chi connectivity index (χ3v) is 6.66. The van der Waals surface area contributed by atoms with Gasteiger partial charge in [-0.3, -0.25) is 14.5 Å². The fourth-order valence-electron chi connectivity index (χ4n) is 3.84. The van der Waals surface area contributed by atoms with Gasteiger partial charge in [0.1, 0.15) is 22.9 Å². The molecular weight excluding hydrogens is 462 g/mol. The number of hydrogen-bond acceptors (Lipinski definition) is 7. The SMILES string of the molecule is C=CCOc1ccc(C2c3c(oc4ccc(Cl)cc4c3=O)C(=O)N2c2nnc(CC)s2)cc1. The maximum absolute atomic E-state index is 13.6. The number of anilines is 1. The second-order valence-corrected chi connectivity index (χ2v) is 8.87. The van der Waals surface area contributed by atoms with Gasteiger partial charge in [-0.1, -0.05) is 54.6 Å². The summed E-state index contributed by atoms with van der Waals surface area (Å²) in [6.07, 6.45) is 2.34. The molecule has 5 rings (SSSR count). The summed E-state index contributed by atoms with van der Waals surface area (Å²) in [6.45, 7) is 5.98. The van der Waals surface area contributed by atoms with Crippen LogP contribution < -0.4 is 15.1 Å². The van der Waals surface area contributed by atoms with E-state index in [2.05, 4.69) is 16.8 Å². The molecule has 0 bridgehead atoms. The van der Waals surface area contributed by atoms with Crippen molar-refractivity contribution in [2.75, 3.05) is 11.5 Å². The number of aromatic nitrogens is 2. The van der Waals surface area contributed by atoms with Crippen LogP contribution in [-0.2, 0) is 6.42 Å².